The van der Waals surface area contributed by atoms with E-state index in [4.69, 9.17) is 0 Å². The van der Waals surface area contributed by atoms with Crippen molar-refractivity contribution in [2.45, 2.75) is 37.9 Å². The molecule has 0 aromatic carbocycles. The van der Waals surface area contributed by atoms with E-state index in [2.05, 4.69) is 25.4 Å². The van der Waals surface area contributed by atoms with Gasteiger partial charge in [0.05, 0.1) is 6.54 Å². The maximum atomic E-state index is 11.9. The Morgan fingerprint density at radius 2 is 2.00 bits per heavy atom. The number of rotatable bonds is 5. The SMILES string of the molecule is CCC(CC)(CN1CCC(=O)NCC1=O)SC. The first-order valence-corrected chi connectivity index (χ1v) is 7.39. The molecule has 17 heavy (non-hydrogen) atoms. The quantitative estimate of drug-likeness (QED) is 0.807. The minimum atomic E-state index is -0.0244. The first-order valence-electron chi connectivity index (χ1n) is 6.16. The molecule has 1 rings (SSSR count). The van der Waals surface area contributed by atoms with E-state index in [1.807, 2.05) is 16.7 Å². The molecule has 1 heterocycles. The summed E-state index contributed by atoms with van der Waals surface area (Å²) < 4.78 is 0.128. The highest BCUT2D eigenvalue weighted by Crippen LogP contribution is 2.31. The predicted molar refractivity (Wildman–Crippen MR) is 71.0 cm³/mol. The fourth-order valence-corrected chi connectivity index (χ4v) is 2.94. The highest BCUT2D eigenvalue weighted by atomic mass is 32.2. The largest absolute Gasteiger partial charge is 0.347 e. The van der Waals surface area contributed by atoms with Crippen molar-refractivity contribution in [3.05, 3.63) is 0 Å². The topological polar surface area (TPSA) is 49.4 Å². The highest BCUT2D eigenvalue weighted by molar-refractivity contribution is 8.00. The number of carbonyl (C=O) groups excluding carboxylic acids is 2. The van der Waals surface area contributed by atoms with Crippen LogP contribution in [0.2, 0.25) is 0 Å². The molecule has 1 aliphatic rings. The lowest BCUT2D eigenvalue weighted by atomic mass is 10.0. The van der Waals surface area contributed by atoms with Gasteiger partial charge in [-0.05, 0) is 19.1 Å². The van der Waals surface area contributed by atoms with E-state index in [0.717, 1.165) is 19.4 Å². The van der Waals surface area contributed by atoms with Gasteiger partial charge in [0.1, 0.15) is 0 Å². The van der Waals surface area contributed by atoms with Crippen molar-refractivity contribution in [2.24, 2.45) is 0 Å². The molecular formula is C12H22N2O2S. The van der Waals surface area contributed by atoms with Gasteiger partial charge in [0.15, 0.2) is 0 Å². The van der Waals surface area contributed by atoms with Crippen LogP contribution in [0.3, 0.4) is 0 Å². The molecule has 4 nitrogen and oxygen atoms in total. The van der Waals surface area contributed by atoms with Gasteiger partial charge in [0.25, 0.3) is 0 Å². The van der Waals surface area contributed by atoms with E-state index in [9.17, 15) is 9.59 Å². The van der Waals surface area contributed by atoms with Crippen molar-refractivity contribution in [1.82, 2.24) is 10.2 Å². The first-order chi connectivity index (χ1) is 8.06. The van der Waals surface area contributed by atoms with Crippen LogP contribution >= 0.6 is 11.8 Å². The molecule has 2 amide bonds. The smallest absolute Gasteiger partial charge is 0.242 e. The summed E-state index contributed by atoms with van der Waals surface area (Å²) >= 11 is 1.82. The molecular weight excluding hydrogens is 236 g/mol. The normalized spacial score (nSPS) is 17.9. The monoisotopic (exact) mass is 258 g/mol. The second kappa shape index (κ2) is 6.28. The van der Waals surface area contributed by atoms with Crippen LogP contribution in [0.25, 0.3) is 0 Å². The standard InChI is InChI=1S/C12H22N2O2S/c1-4-12(5-2,17-3)9-14-7-6-10(15)13-8-11(14)16/h4-9H2,1-3H3,(H,13,15). The molecule has 98 valence electrons. The zero-order valence-corrected chi connectivity index (χ0v) is 11.7. The van der Waals surface area contributed by atoms with E-state index in [0.29, 0.717) is 13.0 Å². The molecule has 0 unspecified atom stereocenters. The van der Waals surface area contributed by atoms with Crippen LogP contribution in [0.1, 0.15) is 33.1 Å². The zero-order valence-electron chi connectivity index (χ0n) is 10.9. The number of carbonyl (C=O) groups is 2. The molecule has 0 aliphatic carbocycles. The summed E-state index contributed by atoms with van der Waals surface area (Å²) in [6.45, 7) is 5.76. The van der Waals surface area contributed by atoms with Gasteiger partial charge in [0, 0.05) is 24.3 Å². The maximum Gasteiger partial charge on any atom is 0.242 e. The second-order valence-electron chi connectivity index (χ2n) is 4.44. The molecule has 0 saturated carbocycles. The van der Waals surface area contributed by atoms with Crippen molar-refractivity contribution >= 4 is 23.6 Å². The van der Waals surface area contributed by atoms with Gasteiger partial charge in [-0.2, -0.15) is 11.8 Å². The van der Waals surface area contributed by atoms with E-state index in [1.54, 1.807) is 0 Å². The third-order valence-corrected chi connectivity index (χ3v) is 5.17. The van der Waals surface area contributed by atoms with E-state index >= 15 is 0 Å². The maximum absolute atomic E-state index is 11.9. The van der Waals surface area contributed by atoms with Crippen LogP contribution in [0.5, 0.6) is 0 Å². The van der Waals surface area contributed by atoms with E-state index in [1.165, 1.54) is 0 Å². The highest BCUT2D eigenvalue weighted by Gasteiger charge is 2.31. The third-order valence-electron chi connectivity index (χ3n) is 3.60. The number of thioether (sulfide) groups is 1. The van der Waals surface area contributed by atoms with Crippen molar-refractivity contribution in [2.75, 3.05) is 25.9 Å². The fraction of sp³-hybridized carbons (Fsp3) is 0.833. The van der Waals surface area contributed by atoms with Crippen molar-refractivity contribution in [3.8, 4) is 0 Å². The predicted octanol–water partition coefficient (Wildman–Crippen LogP) is 1.26. The molecule has 0 aromatic rings. The Morgan fingerprint density at radius 1 is 1.35 bits per heavy atom. The number of amides is 2. The zero-order chi connectivity index (χ0) is 12.9. The summed E-state index contributed by atoms with van der Waals surface area (Å²) in [4.78, 5) is 25.0. The Hall–Kier alpha value is -0.710. The van der Waals surface area contributed by atoms with Gasteiger partial charge in [0.2, 0.25) is 11.8 Å². The van der Waals surface area contributed by atoms with Gasteiger partial charge >= 0.3 is 0 Å². The summed E-state index contributed by atoms with van der Waals surface area (Å²) in [7, 11) is 0. The Morgan fingerprint density at radius 3 is 2.53 bits per heavy atom. The van der Waals surface area contributed by atoms with Gasteiger partial charge in [-0.1, -0.05) is 13.8 Å². The summed E-state index contributed by atoms with van der Waals surface area (Å²) in [6.07, 6.45) is 4.59. The van der Waals surface area contributed by atoms with Crippen LogP contribution in [0, 0.1) is 0 Å². The minimum Gasteiger partial charge on any atom is -0.347 e. The summed E-state index contributed by atoms with van der Waals surface area (Å²) in [5.74, 6) is 0.0137. The van der Waals surface area contributed by atoms with Crippen LogP contribution in [0.4, 0.5) is 0 Å². The average molecular weight is 258 g/mol. The first kappa shape index (κ1) is 14.4. The summed E-state index contributed by atoms with van der Waals surface area (Å²) in [5.41, 5.74) is 0. The molecule has 1 fully saturated rings. The molecule has 0 bridgehead atoms. The average Bonchev–Trinajstić information content (AvgIpc) is 2.51. The number of nitrogens with zero attached hydrogens (tertiary/aromatic N) is 1. The van der Waals surface area contributed by atoms with Gasteiger partial charge in [-0.3, -0.25) is 9.59 Å². The molecule has 0 aromatic heterocycles. The third kappa shape index (κ3) is 3.63. The van der Waals surface area contributed by atoms with Crippen LogP contribution < -0.4 is 5.32 Å². The number of hydrogen-bond donors (Lipinski definition) is 1. The van der Waals surface area contributed by atoms with Crippen molar-refractivity contribution in [3.63, 3.8) is 0 Å². The fourth-order valence-electron chi connectivity index (χ4n) is 2.08. The summed E-state index contributed by atoms with van der Waals surface area (Å²) in [6, 6.07) is 0. The van der Waals surface area contributed by atoms with Crippen LogP contribution in [-0.4, -0.2) is 47.4 Å². The van der Waals surface area contributed by atoms with E-state index in [-0.39, 0.29) is 23.1 Å². The molecule has 0 spiro atoms. The van der Waals surface area contributed by atoms with Gasteiger partial charge < -0.3 is 10.2 Å². The van der Waals surface area contributed by atoms with E-state index < -0.39 is 0 Å². The van der Waals surface area contributed by atoms with Crippen molar-refractivity contribution in [1.29, 1.82) is 0 Å². The lowest BCUT2D eigenvalue weighted by Crippen LogP contribution is -2.44. The van der Waals surface area contributed by atoms with Crippen LogP contribution in [-0.2, 0) is 9.59 Å². The molecule has 1 saturated heterocycles. The number of hydrogen-bond acceptors (Lipinski definition) is 3. The van der Waals surface area contributed by atoms with Crippen LogP contribution in [0.15, 0.2) is 0 Å². The second-order valence-corrected chi connectivity index (χ2v) is 5.71. The Balaban J connectivity index is 2.70. The Kier molecular flexibility index (Phi) is 5.31. The number of nitrogens with one attached hydrogen (secondary N) is 1. The Labute approximate surface area is 108 Å². The molecule has 0 radical (unpaired) electrons. The Bertz CT molecular complexity index is 282. The van der Waals surface area contributed by atoms with Gasteiger partial charge in [-0.15, -0.1) is 0 Å². The van der Waals surface area contributed by atoms with Gasteiger partial charge in [-0.25, -0.2) is 0 Å². The molecule has 0 atom stereocenters. The molecule has 1 aliphatic heterocycles. The summed E-state index contributed by atoms with van der Waals surface area (Å²) in [5, 5.41) is 2.63. The lowest BCUT2D eigenvalue weighted by molar-refractivity contribution is -0.130. The molecule has 5 heteroatoms. The molecule has 1 N–H and O–H groups in total. The van der Waals surface area contributed by atoms with Crippen molar-refractivity contribution < 1.29 is 9.59 Å². The lowest BCUT2D eigenvalue weighted by Gasteiger charge is -2.35. The minimum absolute atomic E-state index is 0.0244.